The number of rotatable bonds is 18. The SMILES string of the molecule is COC(CCC=CCCCCCl)OC(CCC=CCCCCCl)OC. The van der Waals surface area contributed by atoms with Gasteiger partial charge in [0.15, 0.2) is 12.6 Å². The van der Waals surface area contributed by atoms with Crippen molar-refractivity contribution in [1.82, 2.24) is 0 Å². The van der Waals surface area contributed by atoms with Crippen LogP contribution in [-0.4, -0.2) is 38.6 Å². The maximum absolute atomic E-state index is 5.89. The van der Waals surface area contributed by atoms with E-state index in [-0.39, 0.29) is 12.6 Å². The summed E-state index contributed by atoms with van der Waals surface area (Å²) < 4.78 is 16.7. The van der Waals surface area contributed by atoms with Crippen molar-refractivity contribution in [2.75, 3.05) is 26.0 Å². The highest BCUT2D eigenvalue weighted by atomic mass is 35.5. The van der Waals surface area contributed by atoms with E-state index in [1.807, 2.05) is 0 Å². The summed E-state index contributed by atoms with van der Waals surface area (Å²) in [6.45, 7) is 0. The molecular formula is C20H36Cl2O3. The lowest BCUT2D eigenvalue weighted by Gasteiger charge is -2.22. The Kier molecular flexibility index (Phi) is 20.2. The summed E-state index contributed by atoms with van der Waals surface area (Å²) in [4.78, 5) is 0. The lowest BCUT2D eigenvalue weighted by Crippen LogP contribution is -2.25. The van der Waals surface area contributed by atoms with Crippen LogP contribution in [0.4, 0.5) is 0 Å². The summed E-state index contributed by atoms with van der Waals surface area (Å²) in [7, 11) is 3.36. The standard InChI is InChI=1S/C20H36Cl2O3/c1-23-19(15-11-7-3-5-9-13-17-21)25-20(24-2)16-12-8-4-6-10-14-18-22/h3-4,7-8,19-20H,5-6,9-18H2,1-2H3. The molecule has 148 valence electrons. The van der Waals surface area contributed by atoms with Crippen molar-refractivity contribution in [3.05, 3.63) is 24.3 Å². The van der Waals surface area contributed by atoms with Gasteiger partial charge in [0, 0.05) is 38.8 Å². The molecule has 5 heteroatoms. The molecule has 0 heterocycles. The van der Waals surface area contributed by atoms with E-state index in [1.165, 1.54) is 0 Å². The highest BCUT2D eigenvalue weighted by molar-refractivity contribution is 6.18. The number of ether oxygens (including phenoxy) is 3. The zero-order chi connectivity index (χ0) is 18.6. The van der Waals surface area contributed by atoms with Gasteiger partial charge >= 0.3 is 0 Å². The third kappa shape index (κ3) is 17.1. The lowest BCUT2D eigenvalue weighted by molar-refractivity contribution is -0.232. The predicted molar refractivity (Wildman–Crippen MR) is 109 cm³/mol. The van der Waals surface area contributed by atoms with Crippen molar-refractivity contribution in [2.45, 2.75) is 76.8 Å². The molecule has 2 atom stereocenters. The van der Waals surface area contributed by atoms with Crippen LogP contribution in [0.15, 0.2) is 24.3 Å². The van der Waals surface area contributed by atoms with Gasteiger partial charge in [-0.2, -0.15) is 0 Å². The van der Waals surface area contributed by atoms with Crippen LogP contribution in [0, 0.1) is 0 Å². The molecule has 0 spiro atoms. The monoisotopic (exact) mass is 394 g/mol. The molecular weight excluding hydrogens is 359 g/mol. The predicted octanol–water partition coefficient (Wildman–Crippen LogP) is 6.44. The molecule has 0 aromatic heterocycles. The van der Waals surface area contributed by atoms with Gasteiger partial charge in [0.05, 0.1) is 0 Å². The first kappa shape index (κ1) is 24.9. The van der Waals surface area contributed by atoms with Gasteiger partial charge in [-0.1, -0.05) is 24.3 Å². The minimum atomic E-state index is -0.231. The average molecular weight is 395 g/mol. The molecule has 0 bridgehead atoms. The molecule has 0 rings (SSSR count). The number of methoxy groups -OCH3 is 2. The molecule has 0 aliphatic carbocycles. The number of allylic oxidation sites excluding steroid dienone is 4. The van der Waals surface area contributed by atoms with E-state index in [0.29, 0.717) is 0 Å². The Balaban J connectivity index is 3.87. The molecule has 0 saturated heterocycles. The molecule has 2 unspecified atom stereocenters. The second kappa shape index (κ2) is 20.3. The third-order valence-corrected chi connectivity index (χ3v) is 4.34. The number of hydrogen-bond donors (Lipinski definition) is 0. The molecule has 0 fully saturated rings. The van der Waals surface area contributed by atoms with E-state index in [1.54, 1.807) is 14.2 Å². The Morgan fingerprint density at radius 2 is 1.04 bits per heavy atom. The number of unbranched alkanes of at least 4 members (excludes halogenated alkanes) is 4. The van der Waals surface area contributed by atoms with Crippen LogP contribution < -0.4 is 0 Å². The molecule has 0 radical (unpaired) electrons. The first-order chi connectivity index (χ1) is 12.3. The van der Waals surface area contributed by atoms with Crippen molar-refractivity contribution < 1.29 is 14.2 Å². The van der Waals surface area contributed by atoms with Crippen LogP contribution in [-0.2, 0) is 14.2 Å². The van der Waals surface area contributed by atoms with Crippen LogP contribution in [0.1, 0.15) is 64.2 Å². The average Bonchev–Trinajstić information content (AvgIpc) is 2.64. The zero-order valence-electron chi connectivity index (χ0n) is 15.9. The van der Waals surface area contributed by atoms with Crippen LogP contribution in [0.25, 0.3) is 0 Å². The second-order valence-corrected chi connectivity index (χ2v) is 6.69. The van der Waals surface area contributed by atoms with Crippen LogP contribution in [0.2, 0.25) is 0 Å². The molecule has 0 N–H and O–H groups in total. The van der Waals surface area contributed by atoms with Gasteiger partial charge < -0.3 is 14.2 Å². The van der Waals surface area contributed by atoms with Crippen molar-refractivity contribution >= 4 is 23.2 Å². The molecule has 0 aliphatic heterocycles. The van der Waals surface area contributed by atoms with Crippen LogP contribution in [0.3, 0.4) is 0 Å². The fraction of sp³-hybridized carbons (Fsp3) is 0.800. The fourth-order valence-electron chi connectivity index (χ4n) is 2.30. The molecule has 0 aromatic carbocycles. The van der Waals surface area contributed by atoms with E-state index < -0.39 is 0 Å². The van der Waals surface area contributed by atoms with E-state index in [4.69, 9.17) is 37.4 Å². The van der Waals surface area contributed by atoms with Crippen LogP contribution >= 0.6 is 23.2 Å². The summed E-state index contributed by atoms with van der Waals surface area (Å²) in [5.41, 5.74) is 0. The Bertz CT molecular complexity index is 292. The maximum atomic E-state index is 5.89. The minimum absolute atomic E-state index is 0.231. The minimum Gasteiger partial charge on any atom is -0.356 e. The van der Waals surface area contributed by atoms with E-state index in [0.717, 1.165) is 76.0 Å². The van der Waals surface area contributed by atoms with Gasteiger partial charge in [0.25, 0.3) is 0 Å². The normalized spacial score (nSPS) is 14.6. The number of halogens is 2. The largest absolute Gasteiger partial charge is 0.356 e. The Labute approximate surface area is 164 Å². The van der Waals surface area contributed by atoms with Crippen molar-refractivity contribution in [3.63, 3.8) is 0 Å². The third-order valence-electron chi connectivity index (χ3n) is 3.81. The van der Waals surface area contributed by atoms with Gasteiger partial charge in [-0.25, -0.2) is 0 Å². The van der Waals surface area contributed by atoms with E-state index in [9.17, 15) is 0 Å². The van der Waals surface area contributed by atoms with Gasteiger partial charge in [-0.05, 0) is 51.4 Å². The van der Waals surface area contributed by atoms with Gasteiger partial charge in [-0.15, -0.1) is 23.2 Å². The van der Waals surface area contributed by atoms with Crippen molar-refractivity contribution in [2.24, 2.45) is 0 Å². The zero-order valence-corrected chi connectivity index (χ0v) is 17.4. The summed E-state index contributed by atoms with van der Waals surface area (Å²) in [6.07, 6.45) is 18.5. The molecule has 3 nitrogen and oxygen atoms in total. The Hall–Kier alpha value is -0.0600. The second-order valence-electron chi connectivity index (χ2n) is 5.93. The smallest absolute Gasteiger partial charge is 0.160 e. The lowest BCUT2D eigenvalue weighted by atomic mass is 10.2. The quantitative estimate of drug-likeness (QED) is 0.116. The van der Waals surface area contributed by atoms with Gasteiger partial charge in [-0.3, -0.25) is 0 Å². The molecule has 0 aromatic rings. The molecule has 0 aliphatic rings. The molecule has 25 heavy (non-hydrogen) atoms. The van der Waals surface area contributed by atoms with Gasteiger partial charge in [0.1, 0.15) is 0 Å². The Morgan fingerprint density at radius 3 is 1.40 bits per heavy atom. The number of hydrogen-bond acceptors (Lipinski definition) is 3. The topological polar surface area (TPSA) is 27.7 Å². The van der Waals surface area contributed by atoms with Gasteiger partial charge in [0.2, 0.25) is 0 Å². The van der Waals surface area contributed by atoms with E-state index >= 15 is 0 Å². The molecule has 0 saturated carbocycles. The highest BCUT2D eigenvalue weighted by Crippen LogP contribution is 2.13. The molecule has 0 amide bonds. The first-order valence-corrected chi connectivity index (χ1v) is 10.5. The summed E-state index contributed by atoms with van der Waals surface area (Å²) in [5.74, 6) is 1.49. The van der Waals surface area contributed by atoms with Crippen molar-refractivity contribution in [3.8, 4) is 0 Å². The summed E-state index contributed by atoms with van der Waals surface area (Å²) in [6, 6.07) is 0. The fourth-order valence-corrected chi connectivity index (χ4v) is 2.68. The van der Waals surface area contributed by atoms with Crippen molar-refractivity contribution in [1.29, 1.82) is 0 Å². The first-order valence-electron chi connectivity index (χ1n) is 9.41. The van der Waals surface area contributed by atoms with Crippen LogP contribution in [0.5, 0.6) is 0 Å². The Morgan fingerprint density at radius 1 is 0.640 bits per heavy atom. The summed E-state index contributed by atoms with van der Waals surface area (Å²) in [5, 5.41) is 0. The van der Waals surface area contributed by atoms with E-state index in [2.05, 4.69) is 24.3 Å². The maximum Gasteiger partial charge on any atom is 0.160 e. The number of alkyl halides is 2. The highest BCUT2D eigenvalue weighted by Gasteiger charge is 2.14. The summed E-state index contributed by atoms with van der Waals surface area (Å²) >= 11 is 11.3.